The number of anilines is 1. The van der Waals surface area contributed by atoms with Crippen LogP contribution >= 0.6 is 22.6 Å². The molecule has 0 atom stereocenters. The third-order valence-corrected chi connectivity index (χ3v) is 3.68. The van der Waals surface area contributed by atoms with Gasteiger partial charge in [-0.3, -0.25) is 0 Å². The number of imidazole rings is 1. The van der Waals surface area contributed by atoms with Crippen molar-refractivity contribution in [1.29, 1.82) is 0 Å². The zero-order chi connectivity index (χ0) is 13.4. The topological polar surface area (TPSA) is 53.6 Å². The van der Waals surface area contributed by atoms with E-state index in [1.54, 1.807) is 6.07 Å². The molecule has 0 fully saturated rings. The van der Waals surface area contributed by atoms with E-state index in [9.17, 15) is 4.39 Å². The fourth-order valence-corrected chi connectivity index (χ4v) is 2.57. The summed E-state index contributed by atoms with van der Waals surface area (Å²) < 4.78 is 13.9. The summed E-state index contributed by atoms with van der Waals surface area (Å²) >= 11 is 2.10. The number of halogens is 2. The van der Waals surface area contributed by atoms with Gasteiger partial charge in [0.2, 0.25) is 0 Å². The Labute approximate surface area is 122 Å². The molecular formula is C13H10FIN4. The zero-order valence-electron chi connectivity index (χ0n) is 10.0. The Kier molecular flexibility index (Phi) is 3.09. The minimum atomic E-state index is -0.250. The smallest absolute Gasteiger partial charge is 0.180 e. The lowest BCUT2D eigenvalue weighted by atomic mass is 10.2. The van der Waals surface area contributed by atoms with Gasteiger partial charge in [0.25, 0.3) is 0 Å². The van der Waals surface area contributed by atoms with E-state index in [1.165, 1.54) is 12.1 Å². The number of rotatable bonds is 2. The molecule has 0 aliphatic heterocycles. The van der Waals surface area contributed by atoms with E-state index in [4.69, 9.17) is 0 Å². The molecule has 0 aliphatic carbocycles. The first-order valence-corrected chi connectivity index (χ1v) is 6.75. The molecular weight excluding hydrogens is 358 g/mol. The first-order chi connectivity index (χ1) is 9.17. The van der Waals surface area contributed by atoms with Gasteiger partial charge in [-0.15, -0.1) is 0 Å². The molecule has 0 saturated carbocycles. The first kappa shape index (κ1) is 12.3. The van der Waals surface area contributed by atoms with Crippen molar-refractivity contribution in [3.8, 4) is 11.4 Å². The van der Waals surface area contributed by atoms with Crippen LogP contribution in [0.4, 0.5) is 10.2 Å². The van der Waals surface area contributed by atoms with Gasteiger partial charge in [-0.2, -0.15) is 0 Å². The van der Waals surface area contributed by atoms with Gasteiger partial charge in [-0.25, -0.2) is 14.4 Å². The molecule has 0 amide bonds. The van der Waals surface area contributed by atoms with Crippen molar-refractivity contribution < 1.29 is 4.39 Å². The number of nitrogens with one attached hydrogen (secondary N) is 2. The number of aromatic amines is 1. The molecule has 2 aromatic heterocycles. The molecule has 96 valence electrons. The van der Waals surface area contributed by atoms with Crippen LogP contribution in [0.25, 0.3) is 22.6 Å². The Bertz CT molecular complexity index is 753. The minimum absolute atomic E-state index is 0.250. The molecule has 19 heavy (non-hydrogen) atoms. The van der Waals surface area contributed by atoms with Gasteiger partial charge in [0, 0.05) is 16.2 Å². The average molecular weight is 368 g/mol. The van der Waals surface area contributed by atoms with Crippen molar-refractivity contribution in [3.63, 3.8) is 0 Å². The van der Waals surface area contributed by atoms with Gasteiger partial charge in [0.05, 0.1) is 5.52 Å². The fourth-order valence-electron chi connectivity index (χ4n) is 1.84. The van der Waals surface area contributed by atoms with Crippen molar-refractivity contribution in [2.45, 2.75) is 0 Å². The number of benzene rings is 1. The van der Waals surface area contributed by atoms with Crippen LogP contribution in [0, 0.1) is 9.39 Å². The predicted molar refractivity (Wildman–Crippen MR) is 81.5 cm³/mol. The second kappa shape index (κ2) is 4.76. The third-order valence-electron chi connectivity index (χ3n) is 2.79. The highest BCUT2D eigenvalue weighted by molar-refractivity contribution is 14.1. The molecule has 0 saturated heterocycles. The summed E-state index contributed by atoms with van der Waals surface area (Å²) in [5.74, 6) is 1.21. The number of aromatic nitrogens is 3. The van der Waals surface area contributed by atoms with Gasteiger partial charge in [-0.1, -0.05) is 0 Å². The Morgan fingerprint density at radius 3 is 2.79 bits per heavy atom. The summed E-state index contributed by atoms with van der Waals surface area (Å²) in [5.41, 5.74) is 2.36. The second-order valence-corrected chi connectivity index (χ2v) is 5.19. The number of nitrogens with zero attached hydrogens (tertiary/aromatic N) is 2. The molecule has 2 N–H and O–H groups in total. The van der Waals surface area contributed by atoms with E-state index in [2.05, 4.69) is 42.9 Å². The van der Waals surface area contributed by atoms with Crippen molar-refractivity contribution >= 4 is 39.6 Å². The van der Waals surface area contributed by atoms with Crippen molar-refractivity contribution in [2.24, 2.45) is 0 Å². The van der Waals surface area contributed by atoms with Crippen LogP contribution in [0.2, 0.25) is 0 Å². The maximum absolute atomic E-state index is 13.1. The maximum Gasteiger partial charge on any atom is 0.180 e. The molecule has 2 heterocycles. The molecule has 0 aliphatic rings. The van der Waals surface area contributed by atoms with Crippen LogP contribution in [0.15, 0.2) is 30.3 Å². The van der Waals surface area contributed by atoms with Gasteiger partial charge < -0.3 is 10.3 Å². The number of H-pyrrole nitrogens is 1. The van der Waals surface area contributed by atoms with Gasteiger partial charge >= 0.3 is 0 Å². The highest BCUT2D eigenvalue weighted by atomic mass is 127. The monoisotopic (exact) mass is 368 g/mol. The summed E-state index contributed by atoms with van der Waals surface area (Å²) in [4.78, 5) is 12.0. The maximum atomic E-state index is 13.1. The van der Waals surface area contributed by atoms with Crippen molar-refractivity contribution in [1.82, 2.24) is 15.0 Å². The van der Waals surface area contributed by atoms with E-state index < -0.39 is 0 Å². The number of hydrogen-bond acceptors (Lipinski definition) is 3. The predicted octanol–water partition coefficient (Wildman–Crippen LogP) is 3.41. The Morgan fingerprint density at radius 2 is 2.05 bits per heavy atom. The standard InChI is InChI=1S/C13H10FIN4/c1-16-11-5-4-10-13(18-11)19-12(17-10)8-3-2-7(14)6-9(8)15/h2-6H,1H3,(H2,16,17,18,19). The molecule has 3 rings (SSSR count). The normalized spacial score (nSPS) is 10.9. The lowest BCUT2D eigenvalue weighted by Gasteiger charge is -2.00. The first-order valence-electron chi connectivity index (χ1n) is 5.67. The van der Waals surface area contributed by atoms with Crippen LogP contribution in [-0.4, -0.2) is 22.0 Å². The molecule has 0 bridgehead atoms. The van der Waals surface area contributed by atoms with E-state index in [0.717, 1.165) is 20.5 Å². The van der Waals surface area contributed by atoms with Crippen LogP contribution in [0.5, 0.6) is 0 Å². The van der Waals surface area contributed by atoms with Crippen molar-refractivity contribution in [2.75, 3.05) is 12.4 Å². The van der Waals surface area contributed by atoms with Crippen LogP contribution in [-0.2, 0) is 0 Å². The van der Waals surface area contributed by atoms with Gasteiger partial charge in [0.1, 0.15) is 17.5 Å². The summed E-state index contributed by atoms with van der Waals surface area (Å²) in [6, 6.07) is 8.42. The SMILES string of the molecule is CNc1ccc2[nH]c(-c3ccc(F)cc3I)nc2n1. The molecule has 3 aromatic rings. The lowest BCUT2D eigenvalue weighted by Crippen LogP contribution is -1.91. The molecule has 0 unspecified atom stereocenters. The van der Waals surface area contributed by atoms with E-state index in [1.807, 2.05) is 19.2 Å². The summed E-state index contributed by atoms with van der Waals surface area (Å²) in [7, 11) is 1.81. The van der Waals surface area contributed by atoms with E-state index >= 15 is 0 Å². The molecule has 0 radical (unpaired) electrons. The van der Waals surface area contributed by atoms with Crippen molar-refractivity contribution in [3.05, 3.63) is 39.7 Å². The minimum Gasteiger partial charge on any atom is -0.373 e. The number of hydrogen-bond donors (Lipinski definition) is 2. The van der Waals surface area contributed by atoms with E-state index in [-0.39, 0.29) is 5.82 Å². The zero-order valence-corrected chi connectivity index (χ0v) is 12.2. The lowest BCUT2D eigenvalue weighted by molar-refractivity contribution is 0.627. The highest BCUT2D eigenvalue weighted by Crippen LogP contribution is 2.25. The summed E-state index contributed by atoms with van der Waals surface area (Å²) in [5, 5.41) is 2.97. The second-order valence-electron chi connectivity index (χ2n) is 4.03. The fraction of sp³-hybridized carbons (Fsp3) is 0.0769. The van der Waals surface area contributed by atoms with Crippen LogP contribution < -0.4 is 5.32 Å². The summed E-state index contributed by atoms with van der Waals surface area (Å²) in [6.07, 6.45) is 0. The third kappa shape index (κ3) is 2.27. The molecule has 6 heteroatoms. The molecule has 0 spiro atoms. The summed E-state index contributed by atoms with van der Waals surface area (Å²) in [6.45, 7) is 0. The average Bonchev–Trinajstić information content (AvgIpc) is 2.80. The van der Waals surface area contributed by atoms with Crippen LogP contribution in [0.3, 0.4) is 0 Å². The van der Waals surface area contributed by atoms with E-state index in [0.29, 0.717) is 11.5 Å². The Hall–Kier alpha value is -1.70. The molecule has 1 aromatic carbocycles. The van der Waals surface area contributed by atoms with Crippen LogP contribution in [0.1, 0.15) is 0 Å². The molecule has 4 nitrogen and oxygen atoms in total. The Balaban J connectivity index is 2.14. The van der Waals surface area contributed by atoms with Gasteiger partial charge in [-0.05, 0) is 52.9 Å². The highest BCUT2D eigenvalue weighted by Gasteiger charge is 2.10. The largest absolute Gasteiger partial charge is 0.373 e. The van der Waals surface area contributed by atoms with Gasteiger partial charge in [0.15, 0.2) is 5.65 Å². The Morgan fingerprint density at radius 1 is 1.21 bits per heavy atom. The quantitative estimate of drug-likeness (QED) is 0.682. The number of pyridine rings is 1. The number of fused-ring (bicyclic) bond motifs is 1.